The van der Waals surface area contributed by atoms with Crippen molar-refractivity contribution in [3.05, 3.63) is 0 Å². The van der Waals surface area contributed by atoms with Gasteiger partial charge in [-0.15, -0.1) is 0 Å². The van der Waals surface area contributed by atoms with Crippen molar-refractivity contribution >= 4 is 22.9 Å². The highest BCUT2D eigenvalue weighted by molar-refractivity contribution is 6.62. The fourth-order valence-corrected chi connectivity index (χ4v) is 0.873. The predicted molar refractivity (Wildman–Crippen MR) is 35.3 cm³/mol. The molecule has 1 atom stereocenters. The van der Waals surface area contributed by atoms with Crippen LogP contribution < -0.4 is 5.43 Å². The van der Waals surface area contributed by atoms with E-state index in [9.17, 15) is 9.59 Å². The van der Waals surface area contributed by atoms with Crippen LogP contribution in [0.3, 0.4) is 0 Å². The van der Waals surface area contributed by atoms with Gasteiger partial charge in [-0.05, 0) is 11.6 Å². The number of hydrazine groups is 1. The van der Waals surface area contributed by atoms with Crippen molar-refractivity contribution in [1.29, 1.82) is 0 Å². The molecule has 5 heteroatoms. The molecule has 4 nitrogen and oxygen atoms in total. The summed E-state index contributed by atoms with van der Waals surface area (Å²) in [6, 6.07) is 0. The van der Waals surface area contributed by atoms with Crippen molar-refractivity contribution in [2.75, 3.05) is 6.54 Å². The minimum atomic E-state index is -0.641. The van der Waals surface area contributed by atoms with Crippen LogP contribution in [0.5, 0.6) is 0 Å². The molecule has 0 aromatic carbocycles. The fourth-order valence-electron chi connectivity index (χ4n) is 0.761. The molecule has 0 aromatic heterocycles. The average Bonchev–Trinajstić information content (AvgIpc) is 2.13. The molecule has 1 N–H and O–H groups in total. The summed E-state index contributed by atoms with van der Waals surface area (Å²) in [5.41, 5.74) is 2.32. The van der Waals surface area contributed by atoms with E-state index in [1.54, 1.807) is 6.92 Å². The zero-order valence-corrected chi connectivity index (χ0v) is 6.18. The van der Waals surface area contributed by atoms with Gasteiger partial charge in [-0.2, -0.15) is 0 Å². The molecule has 1 saturated heterocycles. The Balaban J connectivity index is 2.57. The SMILES string of the molecule is CC1CN(C(=O)Cl)NC1=O. The largest absolute Gasteiger partial charge is 0.334 e. The Morgan fingerprint density at radius 1 is 1.90 bits per heavy atom. The summed E-state index contributed by atoms with van der Waals surface area (Å²) in [6.07, 6.45) is 0. The normalized spacial score (nSPS) is 24.8. The number of hydrogen-bond donors (Lipinski definition) is 1. The Kier molecular flexibility index (Phi) is 1.80. The maximum atomic E-state index is 10.7. The van der Waals surface area contributed by atoms with Crippen LogP contribution in [-0.2, 0) is 4.79 Å². The first-order chi connectivity index (χ1) is 4.61. The van der Waals surface area contributed by atoms with Gasteiger partial charge in [0, 0.05) is 0 Å². The molecule has 1 aliphatic rings. The Morgan fingerprint density at radius 3 is 2.70 bits per heavy atom. The lowest BCUT2D eigenvalue weighted by Gasteiger charge is -2.08. The van der Waals surface area contributed by atoms with Crippen molar-refractivity contribution in [1.82, 2.24) is 10.4 Å². The van der Waals surface area contributed by atoms with E-state index in [0.29, 0.717) is 6.54 Å². The van der Waals surface area contributed by atoms with Gasteiger partial charge in [-0.1, -0.05) is 6.92 Å². The number of amides is 2. The standard InChI is InChI=1S/C5H7ClN2O2/c1-3-2-8(5(6)10)7-4(3)9/h3H,2H2,1H3,(H,7,9). The second-order valence-electron chi connectivity index (χ2n) is 2.24. The second kappa shape index (κ2) is 2.46. The van der Waals surface area contributed by atoms with Crippen molar-refractivity contribution in [3.8, 4) is 0 Å². The third kappa shape index (κ3) is 1.21. The highest BCUT2D eigenvalue weighted by atomic mass is 35.5. The maximum absolute atomic E-state index is 10.7. The molecular formula is C5H7ClN2O2. The summed E-state index contributed by atoms with van der Waals surface area (Å²) in [5, 5.41) is 0.451. The highest BCUT2D eigenvalue weighted by Crippen LogP contribution is 2.08. The number of hydrogen-bond acceptors (Lipinski definition) is 2. The van der Waals surface area contributed by atoms with Crippen LogP contribution in [0.25, 0.3) is 0 Å². The molecule has 2 amide bonds. The zero-order valence-electron chi connectivity index (χ0n) is 5.43. The third-order valence-electron chi connectivity index (χ3n) is 1.36. The van der Waals surface area contributed by atoms with Crippen molar-refractivity contribution in [2.24, 2.45) is 5.92 Å². The highest BCUT2D eigenvalue weighted by Gasteiger charge is 2.28. The molecule has 0 saturated carbocycles. The topological polar surface area (TPSA) is 49.4 Å². The summed E-state index contributed by atoms with van der Waals surface area (Å²) in [7, 11) is 0. The van der Waals surface area contributed by atoms with Crippen LogP contribution >= 0.6 is 11.6 Å². The van der Waals surface area contributed by atoms with Crippen LogP contribution in [0.1, 0.15) is 6.92 Å². The number of carbonyl (C=O) groups is 2. The van der Waals surface area contributed by atoms with Crippen LogP contribution in [0.4, 0.5) is 4.79 Å². The molecule has 10 heavy (non-hydrogen) atoms. The number of halogens is 1. The van der Waals surface area contributed by atoms with E-state index < -0.39 is 5.37 Å². The monoisotopic (exact) mass is 162 g/mol. The first-order valence-corrected chi connectivity index (χ1v) is 3.26. The quantitative estimate of drug-likeness (QED) is 0.412. The molecule has 1 heterocycles. The summed E-state index contributed by atoms with van der Waals surface area (Å²) in [6.45, 7) is 2.09. The summed E-state index contributed by atoms with van der Waals surface area (Å²) >= 11 is 5.09. The summed E-state index contributed by atoms with van der Waals surface area (Å²) in [5.74, 6) is -0.309. The van der Waals surface area contributed by atoms with Crippen LogP contribution in [0, 0.1) is 5.92 Å². The average molecular weight is 163 g/mol. The van der Waals surface area contributed by atoms with E-state index in [2.05, 4.69) is 5.43 Å². The maximum Gasteiger partial charge on any atom is 0.334 e. The van der Waals surface area contributed by atoms with Gasteiger partial charge in [0.1, 0.15) is 0 Å². The van der Waals surface area contributed by atoms with Gasteiger partial charge in [-0.3, -0.25) is 15.0 Å². The number of rotatable bonds is 0. The minimum absolute atomic E-state index is 0.150. The molecule has 1 rings (SSSR count). The van der Waals surface area contributed by atoms with E-state index in [1.807, 2.05) is 0 Å². The van der Waals surface area contributed by atoms with Gasteiger partial charge in [-0.25, -0.2) is 5.01 Å². The number of carbonyl (C=O) groups excluding carboxylic acids is 2. The Labute approximate surface area is 63.1 Å². The molecule has 56 valence electrons. The van der Waals surface area contributed by atoms with Crippen LogP contribution in [0.15, 0.2) is 0 Å². The van der Waals surface area contributed by atoms with Gasteiger partial charge in [0.05, 0.1) is 12.5 Å². The molecule has 1 aliphatic heterocycles. The second-order valence-corrected chi connectivity index (χ2v) is 2.56. The zero-order chi connectivity index (χ0) is 7.72. The van der Waals surface area contributed by atoms with Crippen molar-refractivity contribution in [3.63, 3.8) is 0 Å². The lowest BCUT2D eigenvalue weighted by molar-refractivity contribution is -0.122. The third-order valence-corrected chi connectivity index (χ3v) is 1.57. The van der Waals surface area contributed by atoms with E-state index in [4.69, 9.17) is 11.6 Å². The molecule has 0 bridgehead atoms. The molecular weight excluding hydrogens is 156 g/mol. The van der Waals surface area contributed by atoms with E-state index in [0.717, 1.165) is 5.01 Å². The van der Waals surface area contributed by atoms with Gasteiger partial charge < -0.3 is 0 Å². The molecule has 1 fully saturated rings. The van der Waals surface area contributed by atoms with Crippen LogP contribution in [0.2, 0.25) is 0 Å². The molecule has 0 spiro atoms. The lowest BCUT2D eigenvalue weighted by atomic mass is 10.2. The van der Waals surface area contributed by atoms with Gasteiger partial charge >= 0.3 is 5.37 Å². The van der Waals surface area contributed by atoms with E-state index >= 15 is 0 Å². The minimum Gasteiger partial charge on any atom is -0.273 e. The van der Waals surface area contributed by atoms with Gasteiger partial charge in [0.15, 0.2) is 0 Å². The molecule has 0 aliphatic carbocycles. The summed E-state index contributed by atoms with van der Waals surface area (Å²) < 4.78 is 0. The Bertz CT molecular complexity index is 182. The molecule has 1 unspecified atom stereocenters. The number of nitrogens with zero attached hydrogens (tertiary/aromatic N) is 1. The smallest absolute Gasteiger partial charge is 0.273 e. The van der Waals surface area contributed by atoms with Crippen molar-refractivity contribution < 1.29 is 9.59 Å². The first-order valence-electron chi connectivity index (χ1n) is 2.88. The van der Waals surface area contributed by atoms with Crippen molar-refractivity contribution in [2.45, 2.75) is 6.92 Å². The van der Waals surface area contributed by atoms with Gasteiger partial charge in [0.25, 0.3) is 0 Å². The van der Waals surface area contributed by atoms with Gasteiger partial charge in [0.2, 0.25) is 5.91 Å². The van der Waals surface area contributed by atoms with E-state index in [1.165, 1.54) is 0 Å². The predicted octanol–water partition coefficient (Wildman–Crippen LogP) is 0.328. The fraction of sp³-hybridized carbons (Fsp3) is 0.600. The Morgan fingerprint density at radius 2 is 2.50 bits per heavy atom. The Hall–Kier alpha value is -0.770. The van der Waals surface area contributed by atoms with E-state index in [-0.39, 0.29) is 11.8 Å². The first kappa shape index (κ1) is 7.34. The number of nitrogens with one attached hydrogen (secondary N) is 1. The summed E-state index contributed by atoms with van der Waals surface area (Å²) in [4.78, 5) is 21.1. The molecule has 0 radical (unpaired) electrons. The lowest BCUT2D eigenvalue weighted by Crippen LogP contribution is -2.34. The molecule has 0 aromatic rings. The van der Waals surface area contributed by atoms with Crippen LogP contribution in [-0.4, -0.2) is 22.8 Å².